The smallest absolute Gasteiger partial charge is 0.265 e. The highest BCUT2D eigenvalue weighted by Crippen LogP contribution is 2.20. The maximum atomic E-state index is 12.6. The Kier molecular flexibility index (Phi) is 4.37. The number of rotatable bonds is 3. The number of aryl methyl sites for hydroxylation is 2. The first kappa shape index (κ1) is 16.6. The van der Waals surface area contributed by atoms with E-state index in [-0.39, 0.29) is 5.91 Å². The fraction of sp³-hybridized carbons (Fsp3) is 0.353. The summed E-state index contributed by atoms with van der Waals surface area (Å²) in [6, 6.07) is 1.96. The Balaban J connectivity index is 1.48. The number of carbonyl (C=O) groups excluding carboxylic acids is 1. The van der Waals surface area contributed by atoms with Gasteiger partial charge < -0.3 is 9.80 Å². The van der Waals surface area contributed by atoms with Gasteiger partial charge in [0.15, 0.2) is 0 Å². The minimum atomic E-state index is 0.0719. The molecule has 8 nitrogen and oxygen atoms in total. The molecular weight excluding hydrogens is 350 g/mol. The van der Waals surface area contributed by atoms with Gasteiger partial charge in [0, 0.05) is 44.6 Å². The van der Waals surface area contributed by atoms with Crippen LogP contribution in [0.3, 0.4) is 0 Å². The molecule has 0 aromatic carbocycles. The van der Waals surface area contributed by atoms with Gasteiger partial charge in [-0.05, 0) is 13.8 Å². The third-order valence-electron chi connectivity index (χ3n) is 4.41. The fourth-order valence-electron chi connectivity index (χ4n) is 3.01. The van der Waals surface area contributed by atoms with E-state index in [0.29, 0.717) is 18.9 Å². The van der Waals surface area contributed by atoms with E-state index in [0.717, 1.165) is 35.3 Å². The molecule has 9 heteroatoms. The van der Waals surface area contributed by atoms with E-state index in [1.54, 1.807) is 18.0 Å². The summed E-state index contributed by atoms with van der Waals surface area (Å²) in [5.41, 5.74) is 2.53. The number of amides is 1. The van der Waals surface area contributed by atoms with Gasteiger partial charge in [-0.15, -0.1) is 11.3 Å². The highest BCUT2D eigenvalue weighted by molar-refractivity contribution is 7.11. The topological polar surface area (TPSA) is 80.0 Å². The second kappa shape index (κ2) is 6.83. The van der Waals surface area contributed by atoms with Crippen LogP contribution in [0.1, 0.15) is 21.2 Å². The van der Waals surface area contributed by atoms with Crippen molar-refractivity contribution in [3.63, 3.8) is 0 Å². The van der Waals surface area contributed by atoms with Crippen molar-refractivity contribution in [1.82, 2.24) is 29.4 Å². The van der Waals surface area contributed by atoms with Crippen LogP contribution >= 0.6 is 11.3 Å². The quantitative estimate of drug-likeness (QED) is 0.699. The molecule has 1 aliphatic heterocycles. The van der Waals surface area contributed by atoms with Gasteiger partial charge in [0.05, 0.1) is 11.2 Å². The first-order chi connectivity index (χ1) is 12.6. The van der Waals surface area contributed by atoms with Crippen molar-refractivity contribution in [2.24, 2.45) is 0 Å². The molecule has 134 valence electrons. The summed E-state index contributed by atoms with van der Waals surface area (Å²) in [5, 5.41) is 0. The van der Waals surface area contributed by atoms with Crippen LogP contribution in [-0.2, 0) is 0 Å². The highest BCUT2D eigenvalue weighted by atomic mass is 32.1. The number of imidazole rings is 1. The summed E-state index contributed by atoms with van der Waals surface area (Å²) in [5.74, 6) is 2.46. The predicted molar refractivity (Wildman–Crippen MR) is 98.9 cm³/mol. The Bertz CT molecular complexity index is 913. The van der Waals surface area contributed by atoms with Crippen molar-refractivity contribution in [3.05, 3.63) is 46.7 Å². The van der Waals surface area contributed by atoms with Gasteiger partial charge in [0.25, 0.3) is 5.91 Å². The van der Waals surface area contributed by atoms with Crippen LogP contribution in [0.15, 0.2) is 30.3 Å². The van der Waals surface area contributed by atoms with Gasteiger partial charge in [0.2, 0.25) is 0 Å². The molecule has 1 amide bonds. The molecule has 0 saturated carbocycles. The van der Waals surface area contributed by atoms with Gasteiger partial charge >= 0.3 is 0 Å². The number of nitrogens with zero attached hydrogens (tertiary/aromatic N) is 7. The summed E-state index contributed by atoms with van der Waals surface area (Å²) in [6.45, 7) is 6.57. The molecule has 0 aliphatic carbocycles. The Morgan fingerprint density at radius 2 is 1.88 bits per heavy atom. The Morgan fingerprint density at radius 3 is 2.54 bits per heavy atom. The summed E-state index contributed by atoms with van der Waals surface area (Å²) >= 11 is 1.41. The van der Waals surface area contributed by atoms with Crippen molar-refractivity contribution in [3.8, 4) is 5.82 Å². The zero-order valence-electron chi connectivity index (χ0n) is 14.7. The number of anilines is 1. The average Bonchev–Trinajstić information content (AvgIpc) is 3.32. The molecular formula is C17H19N7OS. The minimum absolute atomic E-state index is 0.0719. The van der Waals surface area contributed by atoms with Crippen molar-refractivity contribution >= 4 is 23.1 Å². The van der Waals surface area contributed by atoms with E-state index >= 15 is 0 Å². The minimum Gasteiger partial charge on any atom is -0.353 e. The van der Waals surface area contributed by atoms with Crippen LogP contribution in [0.5, 0.6) is 0 Å². The van der Waals surface area contributed by atoms with Crippen molar-refractivity contribution in [2.45, 2.75) is 13.8 Å². The second-order valence-corrected chi connectivity index (χ2v) is 7.00. The molecule has 0 unspecified atom stereocenters. The molecule has 0 atom stereocenters. The van der Waals surface area contributed by atoms with E-state index < -0.39 is 0 Å². The third-order valence-corrected chi connectivity index (χ3v) is 5.33. The monoisotopic (exact) mass is 369 g/mol. The highest BCUT2D eigenvalue weighted by Gasteiger charge is 2.25. The van der Waals surface area contributed by atoms with Gasteiger partial charge in [-0.3, -0.25) is 9.36 Å². The summed E-state index contributed by atoms with van der Waals surface area (Å²) in [6.07, 6.45) is 5.31. The zero-order chi connectivity index (χ0) is 18.1. The Labute approximate surface area is 155 Å². The van der Waals surface area contributed by atoms with Crippen molar-refractivity contribution in [1.29, 1.82) is 0 Å². The number of thiazole rings is 1. The van der Waals surface area contributed by atoms with Crippen LogP contribution < -0.4 is 4.90 Å². The van der Waals surface area contributed by atoms with Gasteiger partial charge in [-0.1, -0.05) is 0 Å². The zero-order valence-corrected chi connectivity index (χ0v) is 15.5. The molecule has 26 heavy (non-hydrogen) atoms. The Hall–Kier alpha value is -2.81. The van der Waals surface area contributed by atoms with Gasteiger partial charge in [0.1, 0.15) is 28.7 Å². The average molecular weight is 369 g/mol. The molecule has 1 fully saturated rings. The number of hydrogen-bond acceptors (Lipinski definition) is 7. The summed E-state index contributed by atoms with van der Waals surface area (Å²) in [4.78, 5) is 34.7. The third kappa shape index (κ3) is 3.17. The largest absolute Gasteiger partial charge is 0.353 e. The van der Waals surface area contributed by atoms with E-state index in [1.165, 1.54) is 11.3 Å². The lowest BCUT2D eigenvalue weighted by molar-refractivity contribution is 0.0750. The van der Waals surface area contributed by atoms with Crippen LogP contribution in [0.4, 0.5) is 5.82 Å². The molecule has 0 bridgehead atoms. The van der Waals surface area contributed by atoms with E-state index in [2.05, 4.69) is 24.8 Å². The first-order valence-electron chi connectivity index (χ1n) is 8.40. The van der Waals surface area contributed by atoms with Crippen LogP contribution in [0, 0.1) is 13.8 Å². The molecule has 3 aromatic heterocycles. The number of hydrogen-bond donors (Lipinski definition) is 0. The van der Waals surface area contributed by atoms with E-state index in [4.69, 9.17) is 0 Å². The lowest BCUT2D eigenvalue weighted by Gasteiger charge is -2.35. The van der Waals surface area contributed by atoms with Crippen molar-refractivity contribution in [2.75, 3.05) is 31.1 Å². The first-order valence-corrected chi connectivity index (χ1v) is 9.28. The number of piperazine rings is 1. The Morgan fingerprint density at radius 1 is 1.12 bits per heavy atom. The maximum Gasteiger partial charge on any atom is 0.265 e. The standard InChI is InChI=1S/C17H19N7OS/c1-12-16(26-11-19-12)17(25)23-7-5-22(6-8-23)14-9-15(21-13(2)20-14)24-4-3-18-10-24/h3-4,9-11H,5-8H2,1-2H3. The molecule has 0 N–H and O–H groups in total. The molecule has 3 aromatic rings. The van der Waals surface area contributed by atoms with Crippen LogP contribution in [-0.4, -0.2) is 61.5 Å². The van der Waals surface area contributed by atoms with E-state index in [9.17, 15) is 4.79 Å². The molecule has 0 spiro atoms. The normalized spacial score (nSPS) is 14.7. The van der Waals surface area contributed by atoms with Crippen LogP contribution in [0.2, 0.25) is 0 Å². The maximum absolute atomic E-state index is 12.6. The fourth-order valence-corrected chi connectivity index (χ4v) is 3.78. The molecule has 1 aliphatic rings. The molecule has 4 rings (SSSR count). The van der Waals surface area contributed by atoms with Crippen LogP contribution in [0.25, 0.3) is 5.82 Å². The summed E-state index contributed by atoms with van der Waals surface area (Å²) < 4.78 is 1.87. The number of carbonyl (C=O) groups is 1. The molecule has 4 heterocycles. The van der Waals surface area contributed by atoms with Gasteiger partial charge in [-0.2, -0.15) is 0 Å². The SMILES string of the molecule is Cc1nc(N2CCN(C(=O)c3scnc3C)CC2)cc(-n2ccnc2)n1. The van der Waals surface area contributed by atoms with Gasteiger partial charge in [-0.25, -0.2) is 19.9 Å². The molecule has 1 saturated heterocycles. The predicted octanol–water partition coefficient (Wildman–Crippen LogP) is 1.70. The van der Waals surface area contributed by atoms with E-state index in [1.807, 2.05) is 35.6 Å². The lowest BCUT2D eigenvalue weighted by atomic mass is 10.2. The molecule has 0 radical (unpaired) electrons. The lowest BCUT2D eigenvalue weighted by Crippen LogP contribution is -2.49. The summed E-state index contributed by atoms with van der Waals surface area (Å²) in [7, 11) is 0. The second-order valence-electron chi connectivity index (χ2n) is 6.15. The number of aromatic nitrogens is 5. The van der Waals surface area contributed by atoms with Crippen molar-refractivity contribution < 1.29 is 4.79 Å².